The molecule has 1 aromatic carbocycles. The van der Waals surface area contributed by atoms with E-state index in [-0.39, 0.29) is 5.91 Å². The smallest absolute Gasteiger partial charge is 0.224 e. The van der Waals surface area contributed by atoms with Gasteiger partial charge in [0.1, 0.15) is 0 Å². The summed E-state index contributed by atoms with van der Waals surface area (Å²) in [6.07, 6.45) is 5.35. The number of benzene rings is 1. The number of nitrogens with one attached hydrogen (secondary N) is 1. The summed E-state index contributed by atoms with van der Waals surface area (Å²) >= 11 is 1.94. The summed E-state index contributed by atoms with van der Waals surface area (Å²) in [6.45, 7) is 2.21. The van der Waals surface area contributed by atoms with Gasteiger partial charge in [0, 0.05) is 6.42 Å². The largest absolute Gasteiger partial charge is 0.397 e. The van der Waals surface area contributed by atoms with Crippen LogP contribution in [-0.2, 0) is 4.79 Å². The summed E-state index contributed by atoms with van der Waals surface area (Å²) in [6, 6.07) is 7.35. The fourth-order valence-corrected chi connectivity index (χ4v) is 2.68. The highest BCUT2D eigenvalue weighted by Gasteiger charge is 2.04. The zero-order valence-electron chi connectivity index (χ0n) is 11.7. The van der Waals surface area contributed by atoms with Crippen LogP contribution in [0.25, 0.3) is 0 Å². The lowest BCUT2D eigenvalue weighted by Gasteiger charge is -2.07. The molecule has 0 spiro atoms. The number of amides is 1. The number of anilines is 2. The van der Waals surface area contributed by atoms with Crippen LogP contribution in [0.3, 0.4) is 0 Å². The van der Waals surface area contributed by atoms with E-state index in [1.807, 2.05) is 30.0 Å². The minimum atomic E-state index is 0.0482. The van der Waals surface area contributed by atoms with Crippen molar-refractivity contribution >= 4 is 29.0 Å². The molecule has 19 heavy (non-hydrogen) atoms. The van der Waals surface area contributed by atoms with E-state index in [0.29, 0.717) is 17.8 Å². The van der Waals surface area contributed by atoms with Gasteiger partial charge in [-0.3, -0.25) is 4.79 Å². The van der Waals surface area contributed by atoms with Crippen molar-refractivity contribution in [1.29, 1.82) is 0 Å². The SMILES string of the molecule is CCCCCSCCCC(=O)Nc1ccccc1N. The molecule has 0 radical (unpaired) electrons. The van der Waals surface area contributed by atoms with E-state index in [2.05, 4.69) is 12.2 Å². The van der Waals surface area contributed by atoms with Crippen molar-refractivity contribution in [3.8, 4) is 0 Å². The molecule has 0 saturated heterocycles. The van der Waals surface area contributed by atoms with Crippen molar-refractivity contribution in [3.05, 3.63) is 24.3 Å². The van der Waals surface area contributed by atoms with Crippen molar-refractivity contribution in [2.45, 2.75) is 39.0 Å². The first-order chi connectivity index (χ1) is 9.24. The Morgan fingerprint density at radius 1 is 1.21 bits per heavy atom. The summed E-state index contributed by atoms with van der Waals surface area (Å²) < 4.78 is 0. The van der Waals surface area contributed by atoms with E-state index >= 15 is 0 Å². The molecular weight excluding hydrogens is 256 g/mol. The molecule has 1 rings (SSSR count). The van der Waals surface area contributed by atoms with Crippen LogP contribution >= 0.6 is 11.8 Å². The Bertz CT molecular complexity index is 382. The third kappa shape index (κ3) is 7.11. The Kier molecular flexibility index (Phi) is 8.14. The molecule has 0 saturated carbocycles. The highest BCUT2D eigenvalue weighted by Crippen LogP contribution is 2.17. The van der Waals surface area contributed by atoms with Crippen LogP contribution in [-0.4, -0.2) is 17.4 Å². The fraction of sp³-hybridized carbons (Fsp3) is 0.533. The molecule has 3 N–H and O–H groups in total. The second-order valence-electron chi connectivity index (χ2n) is 4.56. The number of hydrogen-bond acceptors (Lipinski definition) is 3. The number of unbranched alkanes of at least 4 members (excludes halogenated alkanes) is 2. The molecule has 0 aliphatic carbocycles. The summed E-state index contributed by atoms with van der Waals surface area (Å²) in [5, 5.41) is 2.85. The maximum atomic E-state index is 11.7. The van der Waals surface area contributed by atoms with E-state index in [1.54, 1.807) is 6.07 Å². The maximum Gasteiger partial charge on any atom is 0.224 e. The van der Waals surface area contributed by atoms with Crippen molar-refractivity contribution in [1.82, 2.24) is 0 Å². The van der Waals surface area contributed by atoms with Crippen molar-refractivity contribution in [2.75, 3.05) is 22.6 Å². The lowest BCUT2D eigenvalue weighted by atomic mass is 10.2. The standard InChI is InChI=1S/C15H24N2OS/c1-2-3-6-11-19-12-7-10-15(18)17-14-9-5-4-8-13(14)16/h4-5,8-9H,2-3,6-7,10-12,16H2,1H3,(H,17,18). The van der Waals surface area contributed by atoms with E-state index in [4.69, 9.17) is 5.73 Å². The Morgan fingerprint density at radius 2 is 1.95 bits per heavy atom. The van der Waals surface area contributed by atoms with E-state index in [1.165, 1.54) is 25.0 Å². The normalized spacial score (nSPS) is 10.4. The molecule has 0 heterocycles. The van der Waals surface area contributed by atoms with Gasteiger partial charge in [-0.25, -0.2) is 0 Å². The quantitative estimate of drug-likeness (QED) is 0.532. The van der Waals surface area contributed by atoms with Crippen molar-refractivity contribution in [3.63, 3.8) is 0 Å². The van der Waals surface area contributed by atoms with Gasteiger partial charge in [0.15, 0.2) is 0 Å². The zero-order valence-corrected chi connectivity index (χ0v) is 12.5. The topological polar surface area (TPSA) is 55.1 Å². The monoisotopic (exact) mass is 280 g/mol. The van der Waals surface area contributed by atoms with Gasteiger partial charge in [-0.05, 0) is 36.5 Å². The Hall–Kier alpha value is -1.16. The number of carbonyl (C=O) groups is 1. The first-order valence-electron chi connectivity index (χ1n) is 6.96. The Labute approximate surface area is 120 Å². The number of thioether (sulfide) groups is 1. The predicted octanol–water partition coefficient (Wildman–Crippen LogP) is 3.91. The maximum absolute atomic E-state index is 11.7. The number of carbonyl (C=O) groups excluding carboxylic acids is 1. The number of nitrogens with two attached hydrogens (primary N) is 1. The second kappa shape index (κ2) is 9.73. The molecule has 0 fully saturated rings. The molecule has 0 atom stereocenters. The van der Waals surface area contributed by atoms with Crippen LogP contribution in [0.5, 0.6) is 0 Å². The molecule has 106 valence electrons. The highest BCUT2D eigenvalue weighted by molar-refractivity contribution is 7.99. The zero-order chi connectivity index (χ0) is 13.9. The molecule has 0 aliphatic heterocycles. The fourth-order valence-electron chi connectivity index (χ4n) is 1.71. The van der Waals surface area contributed by atoms with Crippen molar-refractivity contribution in [2.24, 2.45) is 0 Å². The van der Waals surface area contributed by atoms with Gasteiger partial charge in [0.2, 0.25) is 5.91 Å². The Balaban J connectivity index is 2.10. The van der Waals surface area contributed by atoms with E-state index in [0.717, 1.165) is 12.2 Å². The number of para-hydroxylation sites is 2. The molecule has 1 amide bonds. The average Bonchev–Trinajstić information content (AvgIpc) is 2.40. The number of nitrogen functional groups attached to an aromatic ring is 1. The van der Waals surface area contributed by atoms with Crippen LogP contribution in [0.4, 0.5) is 11.4 Å². The molecule has 0 aliphatic rings. The summed E-state index contributed by atoms with van der Waals surface area (Å²) in [7, 11) is 0. The minimum absolute atomic E-state index is 0.0482. The van der Waals surface area contributed by atoms with Crippen LogP contribution in [0.1, 0.15) is 39.0 Å². The molecule has 0 bridgehead atoms. The van der Waals surface area contributed by atoms with Crippen LogP contribution in [0, 0.1) is 0 Å². The molecule has 0 aromatic heterocycles. The van der Waals surface area contributed by atoms with Gasteiger partial charge < -0.3 is 11.1 Å². The van der Waals surface area contributed by atoms with E-state index in [9.17, 15) is 4.79 Å². The van der Waals surface area contributed by atoms with Gasteiger partial charge in [-0.15, -0.1) is 0 Å². The van der Waals surface area contributed by atoms with Crippen molar-refractivity contribution < 1.29 is 4.79 Å². The molecular formula is C15H24N2OS. The highest BCUT2D eigenvalue weighted by atomic mass is 32.2. The van der Waals surface area contributed by atoms with Gasteiger partial charge in [-0.2, -0.15) is 11.8 Å². The number of rotatable bonds is 9. The lowest BCUT2D eigenvalue weighted by Crippen LogP contribution is -2.12. The molecule has 0 unspecified atom stereocenters. The van der Waals surface area contributed by atoms with Crippen LogP contribution < -0.4 is 11.1 Å². The molecule has 3 nitrogen and oxygen atoms in total. The summed E-state index contributed by atoms with van der Waals surface area (Å²) in [5.74, 6) is 2.31. The average molecular weight is 280 g/mol. The second-order valence-corrected chi connectivity index (χ2v) is 5.78. The lowest BCUT2D eigenvalue weighted by molar-refractivity contribution is -0.116. The summed E-state index contributed by atoms with van der Waals surface area (Å²) in [5.41, 5.74) is 7.10. The first kappa shape index (κ1) is 15.9. The van der Waals surface area contributed by atoms with E-state index < -0.39 is 0 Å². The molecule has 4 heteroatoms. The summed E-state index contributed by atoms with van der Waals surface area (Å²) in [4.78, 5) is 11.7. The van der Waals surface area contributed by atoms with Gasteiger partial charge in [-0.1, -0.05) is 31.9 Å². The first-order valence-corrected chi connectivity index (χ1v) is 8.11. The van der Waals surface area contributed by atoms with Gasteiger partial charge >= 0.3 is 0 Å². The van der Waals surface area contributed by atoms with Gasteiger partial charge in [0.25, 0.3) is 0 Å². The minimum Gasteiger partial charge on any atom is -0.397 e. The van der Waals surface area contributed by atoms with Crippen LogP contribution in [0.15, 0.2) is 24.3 Å². The Morgan fingerprint density at radius 3 is 2.68 bits per heavy atom. The van der Waals surface area contributed by atoms with Crippen LogP contribution in [0.2, 0.25) is 0 Å². The number of hydrogen-bond donors (Lipinski definition) is 2. The van der Waals surface area contributed by atoms with Gasteiger partial charge in [0.05, 0.1) is 11.4 Å². The molecule has 1 aromatic rings. The third-order valence-corrected chi connectivity index (χ3v) is 3.97. The predicted molar refractivity (Wildman–Crippen MR) is 85.6 cm³/mol. The third-order valence-electron chi connectivity index (χ3n) is 2.82.